The third-order valence-corrected chi connectivity index (χ3v) is 3.38. The summed E-state index contributed by atoms with van der Waals surface area (Å²) in [5.74, 6) is 0. The summed E-state index contributed by atoms with van der Waals surface area (Å²) >= 11 is 0. The van der Waals surface area contributed by atoms with Gasteiger partial charge in [0.2, 0.25) is 0 Å². The fourth-order valence-electron chi connectivity index (χ4n) is 2.68. The molecular weight excluding hydrogens is 198 g/mol. The Bertz CT molecular complexity index is 227. The van der Waals surface area contributed by atoms with Crippen LogP contribution in [-0.2, 0) is 4.84 Å². The van der Waals surface area contributed by atoms with Gasteiger partial charge in [0.05, 0.1) is 6.61 Å². The number of hydroxylamine groups is 2. The SMILES string of the molecule is CCC=CCON1C(C)(C)CCCC1(C)C. The maximum atomic E-state index is 5.96. The third-order valence-electron chi connectivity index (χ3n) is 3.38. The standard InChI is InChI=1S/C14H27NO/c1-6-7-8-12-16-15-13(2,3)10-9-11-14(15,4)5/h7-8H,6,9-12H2,1-5H3. The molecule has 1 saturated heterocycles. The van der Waals surface area contributed by atoms with Crippen molar-refractivity contribution in [3.63, 3.8) is 0 Å². The van der Waals surface area contributed by atoms with Crippen molar-refractivity contribution in [2.75, 3.05) is 6.61 Å². The van der Waals surface area contributed by atoms with Gasteiger partial charge >= 0.3 is 0 Å². The first kappa shape index (κ1) is 13.7. The second-order valence-corrected chi connectivity index (χ2v) is 5.95. The fraction of sp³-hybridized carbons (Fsp3) is 0.857. The summed E-state index contributed by atoms with van der Waals surface area (Å²) in [4.78, 5) is 5.96. The Labute approximate surface area is 101 Å². The molecule has 0 saturated carbocycles. The van der Waals surface area contributed by atoms with E-state index in [9.17, 15) is 0 Å². The smallest absolute Gasteiger partial charge is 0.0867 e. The fourth-order valence-corrected chi connectivity index (χ4v) is 2.68. The molecular formula is C14H27NO. The van der Waals surface area contributed by atoms with E-state index in [2.05, 4.69) is 51.8 Å². The highest BCUT2D eigenvalue weighted by Gasteiger charge is 2.42. The molecule has 2 heteroatoms. The van der Waals surface area contributed by atoms with Crippen LogP contribution in [0.25, 0.3) is 0 Å². The summed E-state index contributed by atoms with van der Waals surface area (Å²) in [6.07, 6.45) is 9.08. The number of allylic oxidation sites excluding steroid dienone is 1. The van der Waals surface area contributed by atoms with Crippen molar-refractivity contribution in [2.24, 2.45) is 0 Å². The third kappa shape index (κ3) is 3.33. The maximum absolute atomic E-state index is 5.96. The Balaban J connectivity index is 2.60. The molecule has 0 aromatic rings. The van der Waals surface area contributed by atoms with Crippen molar-refractivity contribution in [2.45, 2.75) is 71.4 Å². The zero-order valence-electron chi connectivity index (χ0n) is 11.5. The molecule has 94 valence electrons. The monoisotopic (exact) mass is 225 g/mol. The summed E-state index contributed by atoms with van der Waals surface area (Å²) in [6.45, 7) is 11.9. The summed E-state index contributed by atoms with van der Waals surface area (Å²) in [5, 5.41) is 2.21. The van der Waals surface area contributed by atoms with E-state index in [1.807, 2.05) is 0 Å². The largest absolute Gasteiger partial charge is 0.294 e. The van der Waals surface area contributed by atoms with Gasteiger partial charge in [0.15, 0.2) is 0 Å². The van der Waals surface area contributed by atoms with Gasteiger partial charge in [-0.25, -0.2) is 0 Å². The van der Waals surface area contributed by atoms with E-state index in [0.29, 0.717) is 6.61 Å². The molecule has 0 radical (unpaired) electrons. The van der Waals surface area contributed by atoms with Gasteiger partial charge < -0.3 is 0 Å². The highest BCUT2D eigenvalue weighted by Crippen LogP contribution is 2.38. The van der Waals surface area contributed by atoms with Crippen LogP contribution in [0.15, 0.2) is 12.2 Å². The van der Waals surface area contributed by atoms with Crippen molar-refractivity contribution in [3.8, 4) is 0 Å². The Morgan fingerprint density at radius 3 is 2.12 bits per heavy atom. The number of nitrogens with zero attached hydrogens (tertiary/aromatic N) is 1. The van der Waals surface area contributed by atoms with Gasteiger partial charge in [0.25, 0.3) is 0 Å². The van der Waals surface area contributed by atoms with Crippen molar-refractivity contribution in [1.29, 1.82) is 0 Å². The average molecular weight is 225 g/mol. The first-order valence-corrected chi connectivity index (χ1v) is 6.48. The normalized spacial score (nSPS) is 25.1. The summed E-state index contributed by atoms with van der Waals surface area (Å²) < 4.78 is 0. The quantitative estimate of drug-likeness (QED) is 0.672. The van der Waals surface area contributed by atoms with E-state index in [0.717, 1.165) is 6.42 Å². The van der Waals surface area contributed by atoms with Crippen molar-refractivity contribution >= 4 is 0 Å². The number of rotatable bonds is 4. The van der Waals surface area contributed by atoms with Crippen molar-refractivity contribution in [1.82, 2.24) is 5.06 Å². The lowest BCUT2D eigenvalue weighted by Gasteiger charge is -2.51. The molecule has 1 rings (SSSR count). The van der Waals surface area contributed by atoms with Crippen molar-refractivity contribution < 1.29 is 4.84 Å². The lowest BCUT2D eigenvalue weighted by Crippen LogP contribution is -2.58. The van der Waals surface area contributed by atoms with Crippen LogP contribution in [0.1, 0.15) is 60.3 Å². The summed E-state index contributed by atoms with van der Waals surface area (Å²) in [5.41, 5.74) is 0.309. The zero-order valence-corrected chi connectivity index (χ0v) is 11.5. The van der Waals surface area contributed by atoms with Gasteiger partial charge in [-0.2, -0.15) is 5.06 Å². The average Bonchev–Trinajstić information content (AvgIpc) is 2.14. The van der Waals surface area contributed by atoms with Crippen LogP contribution < -0.4 is 0 Å². The molecule has 0 N–H and O–H groups in total. The molecule has 1 aliphatic rings. The van der Waals surface area contributed by atoms with Crippen LogP contribution >= 0.6 is 0 Å². The van der Waals surface area contributed by atoms with Gasteiger partial charge in [-0.3, -0.25) is 4.84 Å². The van der Waals surface area contributed by atoms with Gasteiger partial charge in [-0.1, -0.05) is 19.1 Å². The second-order valence-electron chi connectivity index (χ2n) is 5.95. The van der Waals surface area contributed by atoms with E-state index in [1.54, 1.807) is 0 Å². The minimum absolute atomic E-state index is 0.155. The minimum Gasteiger partial charge on any atom is -0.294 e. The molecule has 0 amide bonds. The first-order chi connectivity index (χ1) is 7.40. The highest BCUT2D eigenvalue weighted by molar-refractivity contribution is 4.93. The molecule has 0 bridgehead atoms. The summed E-state index contributed by atoms with van der Waals surface area (Å²) in [7, 11) is 0. The van der Waals surface area contributed by atoms with Gasteiger partial charge in [0, 0.05) is 11.1 Å². The predicted octanol–water partition coefficient (Wildman–Crippen LogP) is 3.93. The van der Waals surface area contributed by atoms with E-state index in [4.69, 9.17) is 4.84 Å². The Hall–Kier alpha value is -0.340. The zero-order chi connectivity index (χ0) is 12.2. The molecule has 0 atom stereocenters. The maximum Gasteiger partial charge on any atom is 0.0867 e. The first-order valence-electron chi connectivity index (χ1n) is 6.48. The molecule has 0 spiro atoms. The van der Waals surface area contributed by atoms with Crippen LogP contribution in [-0.4, -0.2) is 22.7 Å². The Morgan fingerprint density at radius 2 is 1.62 bits per heavy atom. The van der Waals surface area contributed by atoms with E-state index in [-0.39, 0.29) is 11.1 Å². The predicted molar refractivity (Wildman–Crippen MR) is 69.2 cm³/mol. The molecule has 1 aliphatic heterocycles. The van der Waals surface area contributed by atoms with Crippen molar-refractivity contribution in [3.05, 3.63) is 12.2 Å². The Morgan fingerprint density at radius 1 is 1.06 bits per heavy atom. The van der Waals surface area contributed by atoms with Gasteiger partial charge in [-0.05, 0) is 53.4 Å². The molecule has 0 aromatic carbocycles. The lowest BCUT2D eigenvalue weighted by atomic mass is 9.82. The lowest BCUT2D eigenvalue weighted by molar-refractivity contribution is -0.274. The van der Waals surface area contributed by atoms with Gasteiger partial charge in [0.1, 0.15) is 0 Å². The molecule has 1 heterocycles. The number of hydrogen-bond donors (Lipinski definition) is 0. The molecule has 16 heavy (non-hydrogen) atoms. The van der Waals surface area contributed by atoms with E-state index >= 15 is 0 Å². The molecule has 2 nitrogen and oxygen atoms in total. The molecule has 1 fully saturated rings. The molecule has 0 unspecified atom stereocenters. The Kier molecular flexibility index (Phi) is 4.57. The number of hydrogen-bond acceptors (Lipinski definition) is 2. The number of piperidine rings is 1. The molecule has 0 aliphatic carbocycles. The van der Waals surface area contributed by atoms with Crippen LogP contribution in [0.2, 0.25) is 0 Å². The minimum atomic E-state index is 0.155. The van der Waals surface area contributed by atoms with E-state index in [1.165, 1.54) is 19.3 Å². The highest BCUT2D eigenvalue weighted by atomic mass is 16.7. The van der Waals surface area contributed by atoms with Gasteiger partial charge in [-0.15, -0.1) is 0 Å². The second kappa shape index (κ2) is 5.33. The summed E-state index contributed by atoms with van der Waals surface area (Å²) in [6, 6.07) is 0. The van der Waals surface area contributed by atoms with Crippen LogP contribution in [0.5, 0.6) is 0 Å². The van der Waals surface area contributed by atoms with Crippen LogP contribution in [0, 0.1) is 0 Å². The molecule has 0 aromatic heterocycles. The van der Waals surface area contributed by atoms with E-state index < -0.39 is 0 Å². The van der Waals surface area contributed by atoms with Crippen LogP contribution in [0.4, 0.5) is 0 Å². The topological polar surface area (TPSA) is 12.5 Å². The van der Waals surface area contributed by atoms with Crippen LogP contribution in [0.3, 0.4) is 0 Å².